The van der Waals surface area contributed by atoms with E-state index in [-0.39, 0.29) is 11.7 Å². The Balaban J connectivity index is 1.99. The van der Waals surface area contributed by atoms with Gasteiger partial charge in [-0.1, -0.05) is 17.7 Å². The minimum absolute atomic E-state index is 0.142. The number of nitrogens with zero attached hydrogens (tertiary/aromatic N) is 1. The van der Waals surface area contributed by atoms with E-state index in [0.717, 1.165) is 5.56 Å². The standard InChI is InChI=1S/C15H14ClNO4S/c1-10-3-5-12(8-13(10)16)22(18,19)17(2)11-4-6-14-15(7-11)21-9-20-14/h3-8H,9H2,1-2H3. The van der Waals surface area contributed by atoms with Gasteiger partial charge in [0.25, 0.3) is 10.0 Å². The lowest BCUT2D eigenvalue weighted by atomic mass is 10.2. The molecule has 5 nitrogen and oxygen atoms in total. The molecule has 0 saturated heterocycles. The lowest BCUT2D eigenvalue weighted by Gasteiger charge is -2.20. The number of ether oxygens (including phenoxy) is 2. The maximum absolute atomic E-state index is 12.7. The maximum Gasteiger partial charge on any atom is 0.264 e. The van der Waals surface area contributed by atoms with E-state index in [9.17, 15) is 8.42 Å². The molecular weight excluding hydrogens is 326 g/mol. The summed E-state index contributed by atoms with van der Waals surface area (Å²) in [4.78, 5) is 0.142. The average Bonchev–Trinajstić information content (AvgIpc) is 2.96. The van der Waals surface area contributed by atoms with Gasteiger partial charge in [-0.05, 0) is 36.8 Å². The molecule has 0 aromatic heterocycles. The van der Waals surface area contributed by atoms with Gasteiger partial charge in [-0.15, -0.1) is 0 Å². The molecule has 0 saturated carbocycles. The molecule has 7 heteroatoms. The Morgan fingerprint density at radius 3 is 2.55 bits per heavy atom. The summed E-state index contributed by atoms with van der Waals surface area (Å²) < 4.78 is 37.1. The van der Waals surface area contributed by atoms with E-state index in [1.54, 1.807) is 30.3 Å². The molecule has 0 atom stereocenters. The number of hydrogen-bond donors (Lipinski definition) is 0. The third-order valence-electron chi connectivity index (χ3n) is 3.52. The van der Waals surface area contributed by atoms with Crippen molar-refractivity contribution in [1.29, 1.82) is 0 Å². The Morgan fingerprint density at radius 2 is 1.82 bits per heavy atom. The molecule has 2 aromatic rings. The molecule has 0 amide bonds. The molecule has 1 aliphatic rings. The van der Waals surface area contributed by atoms with Crippen LogP contribution >= 0.6 is 11.6 Å². The zero-order valence-electron chi connectivity index (χ0n) is 12.0. The van der Waals surface area contributed by atoms with Gasteiger partial charge in [0.15, 0.2) is 11.5 Å². The highest BCUT2D eigenvalue weighted by Gasteiger charge is 2.24. The fourth-order valence-electron chi connectivity index (χ4n) is 2.11. The summed E-state index contributed by atoms with van der Waals surface area (Å²) in [6.07, 6.45) is 0. The molecule has 0 radical (unpaired) electrons. The van der Waals surface area contributed by atoms with Gasteiger partial charge in [0, 0.05) is 18.1 Å². The van der Waals surface area contributed by atoms with Crippen LogP contribution in [-0.2, 0) is 10.0 Å². The average molecular weight is 340 g/mol. The Bertz CT molecular complexity index is 835. The number of halogens is 1. The molecule has 0 fully saturated rings. The molecule has 116 valence electrons. The fraction of sp³-hybridized carbons (Fsp3) is 0.200. The van der Waals surface area contributed by atoms with E-state index in [0.29, 0.717) is 22.2 Å². The van der Waals surface area contributed by atoms with Gasteiger partial charge in [0.05, 0.1) is 10.6 Å². The number of hydrogen-bond acceptors (Lipinski definition) is 4. The minimum Gasteiger partial charge on any atom is -0.454 e. The summed E-state index contributed by atoms with van der Waals surface area (Å²) in [5, 5.41) is 0.417. The van der Waals surface area contributed by atoms with Gasteiger partial charge in [0.1, 0.15) is 0 Å². The number of benzene rings is 2. The van der Waals surface area contributed by atoms with Crippen LogP contribution in [0.4, 0.5) is 5.69 Å². The first-order valence-corrected chi connectivity index (χ1v) is 8.36. The third kappa shape index (κ3) is 2.48. The van der Waals surface area contributed by atoms with Crippen molar-refractivity contribution in [2.75, 3.05) is 18.1 Å². The van der Waals surface area contributed by atoms with Crippen LogP contribution in [0.1, 0.15) is 5.56 Å². The summed E-state index contributed by atoms with van der Waals surface area (Å²) >= 11 is 6.03. The predicted molar refractivity (Wildman–Crippen MR) is 84.3 cm³/mol. The minimum atomic E-state index is -3.70. The van der Waals surface area contributed by atoms with Crippen molar-refractivity contribution in [2.45, 2.75) is 11.8 Å². The first kappa shape index (κ1) is 15.0. The van der Waals surface area contributed by atoms with Crippen molar-refractivity contribution in [3.63, 3.8) is 0 Å². The monoisotopic (exact) mass is 339 g/mol. The first-order chi connectivity index (χ1) is 10.4. The molecule has 1 aliphatic heterocycles. The van der Waals surface area contributed by atoms with Gasteiger partial charge >= 0.3 is 0 Å². The highest BCUT2D eigenvalue weighted by molar-refractivity contribution is 7.92. The topological polar surface area (TPSA) is 55.8 Å². The van der Waals surface area contributed by atoms with Gasteiger partial charge in [-0.3, -0.25) is 4.31 Å². The predicted octanol–water partition coefficient (Wildman–Crippen LogP) is 3.20. The molecule has 2 aromatic carbocycles. The van der Waals surface area contributed by atoms with Crippen LogP contribution in [0, 0.1) is 6.92 Å². The van der Waals surface area contributed by atoms with Crippen LogP contribution in [0.15, 0.2) is 41.3 Å². The molecule has 0 bridgehead atoms. The third-order valence-corrected chi connectivity index (χ3v) is 5.71. The van der Waals surface area contributed by atoms with Gasteiger partial charge in [-0.25, -0.2) is 8.42 Å². The van der Waals surface area contributed by atoms with Crippen LogP contribution in [0.25, 0.3) is 0 Å². The van der Waals surface area contributed by atoms with E-state index in [4.69, 9.17) is 21.1 Å². The van der Waals surface area contributed by atoms with Gasteiger partial charge in [-0.2, -0.15) is 0 Å². The van der Waals surface area contributed by atoms with Crippen molar-refractivity contribution in [3.8, 4) is 11.5 Å². The second kappa shape index (κ2) is 5.37. The van der Waals surface area contributed by atoms with Crippen molar-refractivity contribution in [3.05, 3.63) is 47.0 Å². The van der Waals surface area contributed by atoms with Crippen LogP contribution in [0.3, 0.4) is 0 Å². The van der Waals surface area contributed by atoms with E-state index < -0.39 is 10.0 Å². The quantitative estimate of drug-likeness (QED) is 0.861. The van der Waals surface area contributed by atoms with Crippen LogP contribution < -0.4 is 13.8 Å². The number of aryl methyl sites for hydroxylation is 1. The van der Waals surface area contributed by atoms with Gasteiger partial charge < -0.3 is 9.47 Å². The van der Waals surface area contributed by atoms with Crippen molar-refractivity contribution >= 4 is 27.3 Å². The summed E-state index contributed by atoms with van der Waals surface area (Å²) in [5.74, 6) is 1.13. The smallest absolute Gasteiger partial charge is 0.264 e. The van der Waals surface area contributed by atoms with E-state index >= 15 is 0 Å². The van der Waals surface area contributed by atoms with Crippen molar-refractivity contribution < 1.29 is 17.9 Å². The second-order valence-corrected chi connectivity index (χ2v) is 7.30. The van der Waals surface area contributed by atoms with Crippen molar-refractivity contribution in [1.82, 2.24) is 0 Å². The summed E-state index contributed by atoms with van der Waals surface area (Å²) in [5.41, 5.74) is 1.31. The van der Waals surface area contributed by atoms with E-state index in [1.165, 1.54) is 17.4 Å². The zero-order valence-corrected chi connectivity index (χ0v) is 13.6. The number of anilines is 1. The van der Waals surface area contributed by atoms with Crippen LogP contribution in [0.2, 0.25) is 5.02 Å². The van der Waals surface area contributed by atoms with E-state index in [2.05, 4.69) is 0 Å². The van der Waals surface area contributed by atoms with Gasteiger partial charge in [0.2, 0.25) is 6.79 Å². The molecular formula is C15H14ClNO4S. The maximum atomic E-state index is 12.7. The second-order valence-electron chi connectivity index (χ2n) is 4.92. The normalized spacial score (nSPS) is 13.2. The number of fused-ring (bicyclic) bond motifs is 1. The lowest BCUT2D eigenvalue weighted by molar-refractivity contribution is 0.174. The lowest BCUT2D eigenvalue weighted by Crippen LogP contribution is -2.26. The molecule has 22 heavy (non-hydrogen) atoms. The molecule has 0 N–H and O–H groups in total. The molecule has 3 rings (SSSR count). The summed E-state index contributed by atoms with van der Waals surface area (Å²) in [6, 6.07) is 9.67. The Kier molecular flexibility index (Phi) is 3.66. The number of sulfonamides is 1. The highest BCUT2D eigenvalue weighted by Crippen LogP contribution is 2.36. The summed E-state index contributed by atoms with van der Waals surface area (Å²) in [6.45, 7) is 1.96. The largest absolute Gasteiger partial charge is 0.454 e. The molecule has 0 aliphatic carbocycles. The fourth-order valence-corrected chi connectivity index (χ4v) is 3.57. The van der Waals surface area contributed by atoms with Crippen LogP contribution in [-0.4, -0.2) is 22.3 Å². The molecule has 0 unspecified atom stereocenters. The SMILES string of the molecule is Cc1ccc(S(=O)(=O)N(C)c2ccc3c(c2)OCO3)cc1Cl. The number of rotatable bonds is 3. The zero-order chi connectivity index (χ0) is 15.9. The molecule has 1 heterocycles. The first-order valence-electron chi connectivity index (χ1n) is 6.54. The Morgan fingerprint density at radius 1 is 1.09 bits per heavy atom. The van der Waals surface area contributed by atoms with Crippen LogP contribution in [0.5, 0.6) is 11.5 Å². The molecule has 0 spiro atoms. The Hall–Kier alpha value is -1.92. The Labute approximate surface area is 134 Å². The highest BCUT2D eigenvalue weighted by atomic mass is 35.5. The summed E-state index contributed by atoms with van der Waals surface area (Å²) in [7, 11) is -2.21. The van der Waals surface area contributed by atoms with Crippen molar-refractivity contribution in [2.24, 2.45) is 0 Å². The van der Waals surface area contributed by atoms with E-state index in [1.807, 2.05) is 6.92 Å².